The molecule has 2 aromatic rings. The number of rotatable bonds is 8. The van der Waals surface area contributed by atoms with Gasteiger partial charge in [-0.05, 0) is 49.4 Å². The Bertz CT molecular complexity index is 763. The molecule has 2 rings (SSSR count). The van der Waals surface area contributed by atoms with Crippen LogP contribution in [0, 0.1) is 0 Å². The van der Waals surface area contributed by atoms with Crippen molar-refractivity contribution in [3.8, 4) is 5.75 Å². The highest BCUT2D eigenvalue weighted by Gasteiger charge is 2.07. The number of hydrogen-bond donors (Lipinski definition) is 2. The number of carbonyl (C=O) groups is 2. The second-order valence-corrected chi connectivity index (χ2v) is 5.78. The zero-order valence-corrected chi connectivity index (χ0v) is 15.4. The second-order valence-electron chi connectivity index (χ2n) is 5.37. The van der Waals surface area contributed by atoms with Gasteiger partial charge in [0.2, 0.25) is 5.91 Å². The molecule has 0 saturated heterocycles. The molecule has 0 spiro atoms. The van der Waals surface area contributed by atoms with Crippen LogP contribution in [0.2, 0.25) is 5.02 Å². The number of halogens is 1. The molecule has 0 atom stereocenters. The second kappa shape index (κ2) is 9.68. The van der Waals surface area contributed by atoms with E-state index in [2.05, 4.69) is 10.6 Å². The van der Waals surface area contributed by atoms with Gasteiger partial charge in [0.15, 0.2) is 0 Å². The Morgan fingerprint density at radius 3 is 2.38 bits per heavy atom. The summed E-state index contributed by atoms with van der Waals surface area (Å²) in [6.07, 6.45) is 0.281. The minimum absolute atomic E-state index is 0.138. The number of methoxy groups -OCH3 is 1. The molecule has 0 aliphatic carbocycles. The van der Waals surface area contributed by atoms with Crippen LogP contribution in [0.3, 0.4) is 0 Å². The summed E-state index contributed by atoms with van der Waals surface area (Å²) in [6.45, 7) is 2.53. The maximum absolute atomic E-state index is 12.0. The first-order chi connectivity index (χ1) is 12.5. The monoisotopic (exact) mass is 376 g/mol. The molecule has 0 aromatic heterocycles. The molecule has 138 valence electrons. The number of nitrogens with one attached hydrogen (secondary N) is 2. The summed E-state index contributed by atoms with van der Waals surface area (Å²) in [5, 5.41) is 6.41. The first kappa shape index (κ1) is 19.6. The normalized spacial score (nSPS) is 10.1. The van der Waals surface area contributed by atoms with Crippen LogP contribution in [-0.4, -0.2) is 32.1 Å². The van der Waals surface area contributed by atoms with Crippen LogP contribution in [0.25, 0.3) is 0 Å². The minimum atomic E-state index is -0.382. The number of hydrogen-bond acceptors (Lipinski definition) is 5. The van der Waals surface area contributed by atoms with E-state index in [1.807, 2.05) is 6.07 Å². The van der Waals surface area contributed by atoms with E-state index in [1.54, 1.807) is 50.4 Å². The Morgan fingerprint density at radius 1 is 1.08 bits per heavy atom. The fourth-order valence-corrected chi connectivity index (χ4v) is 2.48. The summed E-state index contributed by atoms with van der Waals surface area (Å²) in [5.41, 5.74) is 1.88. The van der Waals surface area contributed by atoms with Crippen molar-refractivity contribution >= 4 is 34.9 Å². The quantitative estimate of drug-likeness (QED) is 0.682. The van der Waals surface area contributed by atoms with E-state index in [4.69, 9.17) is 21.1 Å². The van der Waals surface area contributed by atoms with Gasteiger partial charge in [-0.2, -0.15) is 0 Å². The molecule has 26 heavy (non-hydrogen) atoms. The lowest BCUT2D eigenvalue weighted by Crippen LogP contribution is -2.16. The van der Waals surface area contributed by atoms with Gasteiger partial charge in [-0.1, -0.05) is 11.6 Å². The maximum atomic E-state index is 12.0. The smallest absolute Gasteiger partial charge is 0.338 e. The summed E-state index contributed by atoms with van der Waals surface area (Å²) in [5.74, 6) is 0.0787. The van der Waals surface area contributed by atoms with Crippen molar-refractivity contribution in [2.45, 2.75) is 13.3 Å². The average Bonchev–Trinajstić information content (AvgIpc) is 2.62. The van der Waals surface area contributed by atoms with Crippen LogP contribution in [0.5, 0.6) is 5.75 Å². The molecular weight excluding hydrogens is 356 g/mol. The fraction of sp³-hybridized carbons (Fsp3) is 0.263. The third kappa shape index (κ3) is 5.67. The van der Waals surface area contributed by atoms with Gasteiger partial charge in [0.25, 0.3) is 0 Å². The first-order valence-electron chi connectivity index (χ1n) is 8.18. The van der Waals surface area contributed by atoms with Crippen LogP contribution in [0.1, 0.15) is 23.7 Å². The lowest BCUT2D eigenvalue weighted by atomic mass is 10.2. The highest BCUT2D eigenvalue weighted by molar-refractivity contribution is 6.32. The van der Waals surface area contributed by atoms with Crippen molar-refractivity contribution in [3.63, 3.8) is 0 Å². The van der Waals surface area contributed by atoms with Crippen LogP contribution in [0.15, 0.2) is 42.5 Å². The molecule has 0 aliphatic heterocycles. The SMILES string of the molecule is CCOC(=O)c1ccc(NC(=O)CCNc2ccc(OC)c(Cl)c2)cc1. The van der Waals surface area contributed by atoms with Crippen LogP contribution in [-0.2, 0) is 9.53 Å². The van der Waals surface area contributed by atoms with Gasteiger partial charge in [-0.15, -0.1) is 0 Å². The molecule has 2 aromatic carbocycles. The van der Waals surface area contributed by atoms with E-state index in [0.29, 0.717) is 35.2 Å². The average molecular weight is 377 g/mol. The van der Waals surface area contributed by atoms with E-state index >= 15 is 0 Å². The summed E-state index contributed by atoms with van der Waals surface area (Å²) >= 11 is 6.06. The number of benzene rings is 2. The van der Waals surface area contributed by atoms with E-state index in [-0.39, 0.29) is 18.3 Å². The standard InChI is InChI=1S/C19H21ClN2O4/c1-3-26-19(24)13-4-6-14(7-5-13)22-18(23)10-11-21-15-8-9-17(25-2)16(20)12-15/h4-9,12,21H,3,10-11H2,1-2H3,(H,22,23). The Hall–Kier alpha value is -2.73. The summed E-state index contributed by atoms with van der Waals surface area (Å²) in [7, 11) is 1.55. The van der Waals surface area contributed by atoms with Crippen molar-refractivity contribution in [1.82, 2.24) is 0 Å². The molecular formula is C19H21ClN2O4. The Labute approximate surface area is 157 Å². The topological polar surface area (TPSA) is 76.7 Å². The number of esters is 1. The third-order valence-corrected chi connectivity index (χ3v) is 3.81. The van der Waals surface area contributed by atoms with Crippen molar-refractivity contribution in [3.05, 3.63) is 53.1 Å². The van der Waals surface area contributed by atoms with E-state index in [1.165, 1.54) is 0 Å². The summed E-state index contributed by atoms with van der Waals surface area (Å²) in [4.78, 5) is 23.6. The molecule has 0 bridgehead atoms. The third-order valence-electron chi connectivity index (χ3n) is 3.51. The van der Waals surface area contributed by atoms with Crippen molar-refractivity contribution in [2.75, 3.05) is 30.9 Å². The number of ether oxygens (including phenoxy) is 2. The van der Waals surface area contributed by atoms with E-state index in [9.17, 15) is 9.59 Å². The molecule has 7 heteroatoms. The zero-order valence-electron chi connectivity index (χ0n) is 14.7. The van der Waals surface area contributed by atoms with E-state index < -0.39 is 0 Å². The maximum Gasteiger partial charge on any atom is 0.338 e. The highest BCUT2D eigenvalue weighted by Crippen LogP contribution is 2.27. The molecule has 0 saturated carbocycles. The van der Waals surface area contributed by atoms with Gasteiger partial charge in [0, 0.05) is 24.3 Å². The van der Waals surface area contributed by atoms with Gasteiger partial charge in [0.1, 0.15) is 5.75 Å². The van der Waals surface area contributed by atoms with E-state index in [0.717, 1.165) is 5.69 Å². The van der Waals surface area contributed by atoms with Crippen LogP contribution in [0.4, 0.5) is 11.4 Å². The zero-order chi connectivity index (χ0) is 18.9. The molecule has 0 aliphatic rings. The predicted octanol–water partition coefficient (Wildman–Crippen LogP) is 3.97. The lowest BCUT2D eigenvalue weighted by Gasteiger charge is -2.10. The fourth-order valence-electron chi connectivity index (χ4n) is 2.22. The summed E-state index contributed by atoms with van der Waals surface area (Å²) < 4.78 is 10.0. The Morgan fingerprint density at radius 2 is 1.77 bits per heavy atom. The van der Waals surface area contributed by atoms with Gasteiger partial charge in [0.05, 0.1) is 24.3 Å². The Kier molecular flexibility index (Phi) is 7.29. The lowest BCUT2D eigenvalue weighted by molar-refractivity contribution is -0.115. The van der Waals surface area contributed by atoms with Gasteiger partial charge < -0.3 is 20.1 Å². The van der Waals surface area contributed by atoms with Gasteiger partial charge in [-0.25, -0.2) is 4.79 Å². The van der Waals surface area contributed by atoms with Gasteiger partial charge in [-0.3, -0.25) is 4.79 Å². The van der Waals surface area contributed by atoms with Crippen molar-refractivity contribution in [1.29, 1.82) is 0 Å². The minimum Gasteiger partial charge on any atom is -0.495 e. The molecule has 1 amide bonds. The number of carbonyl (C=O) groups excluding carboxylic acids is 2. The van der Waals surface area contributed by atoms with Crippen molar-refractivity contribution < 1.29 is 19.1 Å². The molecule has 6 nitrogen and oxygen atoms in total. The largest absolute Gasteiger partial charge is 0.495 e. The Balaban J connectivity index is 1.80. The van der Waals surface area contributed by atoms with Crippen LogP contribution < -0.4 is 15.4 Å². The number of anilines is 2. The molecule has 0 heterocycles. The molecule has 0 radical (unpaired) electrons. The predicted molar refractivity (Wildman–Crippen MR) is 102 cm³/mol. The molecule has 2 N–H and O–H groups in total. The van der Waals surface area contributed by atoms with Gasteiger partial charge >= 0.3 is 5.97 Å². The molecule has 0 unspecified atom stereocenters. The number of amides is 1. The van der Waals surface area contributed by atoms with Crippen LogP contribution >= 0.6 is 11.6 Å². The highest BCUT2D eigenvalue weighted by atomic mass is 35.5. The van der Waals surface area contributed by atoms with Crippen molar-refractivity contribution in [2.24, 2.45) is 0 Å². The summed E-state index contributed by atoms with van der Waals surface area (Å²) in [6, 6.07) is 11.9. The molecule has 0 fully saturated rings. The first-order valence-corrected chi connectivity index (χ1v) is 8.55.